The van der Waals surface area contributed by atoms with E-state index in [1.165, 1.54) is 30.5 Å². The van der Waals surface area contributed by atoms with Crippen LogP contribution in [0.2, 0.25) is 0 Å². The number of rotatable bonds is 4. The van der Waals surface area contributed by atoms with Crippen LogP contribution in [-0.2, 0) is 11.3 Å². The molecule has 5 rings (SSSR count). The van der Waals surface area contributed by atoms with Crippen LogP contribution in [0.3, 0.4) is 0 Å². The number of anilines is 2. The van der Waals surface area contributed by atoms with E-state index in [4.69, 9.17) is 0 Å². The molecule has 0 radical (unpaired) electrons. The molecule has 0 saturated carbocycles. The fourth-order valence-electron chi connectivity index (χ4n) is 3.82. The Morgan fingerprint density at radius 2 is 1.75 bits per heavy atom. The van der Waals surface area contributed by atoms with Crippen LogP contribution in [0, 0.1) is 0 Å². The van der Waals surface area contributed by atoms with E-state index in [2.05, 4.69) is 38.9 Å². The number of aldehydes is 1. The Morgan fingerprint density at radius 1 is 1.06 bits per heavy atom. The minimum Gasteiger partial charge on any atom is -0.371 e. The molecule has 1 saturated heterocycles. The van der Waals surface area contributed by atoms with E-state index in [0.29, 0.717) is 19.3 Å². The van der Waals surface area contributed by atoms with Crippen LogP contribution in [0.5, 0.6) is 0 Å². The maximum absolute atomic E-state index is 11.9. The van der Waals surface area contributed by atoms with Gasteiger partial charge in [-0.15, -0.1) is 16.9 Å². The highest BCUT2D eigenvalue weighted by atomic mass is 32.2. The number of nitrogens with zero attached hydrogens (tertiary/aromatic N) is 5. The van der Waals surface area contributed by atoms with Crippen LogP contribution in [0.25, 0.3) is 0 Å². The van der Waals surface area contributed by atoms with Gasteiger partial charge < -0.3 is 15.5 Å². The first kappa shape index (κ1) is 29.1. The first-order valence-electron chi connectivity index (χ1n) is 12.4. The number of hydrogen-bond donors (Lipinski definition) is 1. The average molecular weight is 511 g/mol. The van der Waals surface area contributed by atoms with Gasteiger partial charge >= 0.3 is 0 Å². The average Bonchev–Trinajstić information content (AvgIpc) is 3.62. The Hall–Kier alpha value is -3.17. The number of carbonyl (C=O) groups excluding carboxylic acids is 2. The molecule has 2 aliphatic rings. The van der Waals surface area contributed by atoms with Crippen molar-refractivity contribution in [1.29, 1.82) is 0 Å². The van der Waals surface area contributed by atoms with Crippen molar-refractivity contribution < 1.29 is 9.59 Å². The minimum absolute atomic E-state index is 0.222. The molecule has 194 valence electrons. The molecule has 0 bridgehead atoms. The molecule has 8 nitrogen and oxygen atoms in total. The second-order valence-corrected chi connectivity index (χ2v) is 8.94. The van der Waals surface area contributed by atoms with E-state index < -0.39 is 0 Å². The zero-order valence-electron chi connectivity index (χ0n) is 21.8. The maximum Gasteiger partial charge on any atom is 0.227 e. The van der Waals surface area contributed by atoms with Gasteiger partial charge in [-0.25, -0.2) is 9.67 Å². The van der Waals surface area contributed by atoms with Crippen molar-refractivity contribution in [2.45, 2.75) is 44.6 Å². The van der Waals surface area contributed by atoms with Crippen molar-refractivity contribution in [1.82, 2.24) is 14.8 Å². The quantitative estimate of drug-likeness (QED) is 0.517. The molecule has 3 heterocycles. The van der Waals surface area contributed by atoms with E-state index in [0.717, 1.165) is 30.1 Å². The van der Waals surface area contributed by atoms with Crippen molar-refractivity contribution in [3.8, 4) is 0 Å². The third-order valence-corrected chi connectivity index (χ3v) is 6.63. The summed E-state index contributed by atoms with van der Waals surface area (Å²) < 4.78 is 1.64. The molecule has 2 aliphatic heterocycles. The number of amides is 1. The molecule has 0 unspecified atom stereocenters. The summed E-state index contributed by atoms with van der Waals surface area (Å²) >= 11 is 1.79. The van der Waals surface area contributed by atoms with Crippen molar-refractivity contribution >= 4 is 35.3 Å². The number of nitrogens with two attached hydrogens (primary N) is 1. The lowest BCUT2D eigenvalue weighted by atomic mass is 10.2. The molecule has 0 spiro atoms. The highest BCUT2D eigenvalue weighted by molar-refractivity contribution is 7.99. The second-order valence-electron chi connectivity index (χ2n) is 7.80. The Labute approximate surface area is 218 Å². The van der Waals surface area contributed by atoms with Gasteiger partial charge in [-0.1, -0.05) is 44.2 Å². The van der Waals surface area contributed by atoms with Crippen molar-refractivity contribution in [3.63, 3.8) is 0 Å². The lowest BCUT2D eigenvalue weighted by Crippen LogP contribution is -2.26. The van der Waals surface area contributed by atoms with Crippen molar-refractivity contribution in [2.75, 3.05) is 42.7 Å². The van der Waals surface area contributed by atoms with E-state index in [9.17, 15) is 9.59 Å². The van der Waals surface area contributed by atoms with Crippen LogP contribution >= 0.6 is 11.8 Å². The largest absolute Gasteiger partial charge is 0.371 e. The summed E-state index contributed by atoms with van der Waals surface area (Å²) in [5, 5.41) is 3.96. The zero-order valence-corrected chi connectivity index (χ0v) is 22.6. The molecular weight excluding hydrogens is 472 g/mol. The minimum atomic E-state index is 0.222. The second kappa shape index (κ2) is 15.7. The Balaban J connectivity index is 0.000000228. The summed E-state index contributed by atoms with van der Waals surface area (Å²) in [5.41, 5.74) is 7.97. The van der Waals surface area contributed by atoms with E-state index in [1.54, 1.807) is 22.8 Å². The predicted octanol–water partition coefficient (Wildman–Crippen LogP) is 4.49. The first-order chi connectivity index (χ1) is 17.6. The molecule has 9 heteroatoms. The van der Waals surface area contributed by atoms with Gasteiger partial charge in [0.2, 0.25) is 11.7 Å². The number of hydrogen-bond acceptors (Lipinski definition) is 7. The van der Waals surface area contributed by atoms with E-state index in [1.807, 2.05) is 56.1 Å². The van der Waals surface area contributed by atoms with Crippen molar-refractivity contribution in [3.05, 3.63) is 66.2 Å². The summed E-state index contributed by atoms with van der Waals surface area (Å²) in [4.78, 5) is 31.5. The van der Waals surface area contributed by atoms with Gasteiger partial charge in [0.15, 0.2) is 6.29 Å². The monoisotopic (exact) mass is 510 g/mol. The Kier molecular flexibility index (Phi) is 12.7. The summed E-state index contributed by atoms with van der Waals surface area (Å²) in [5.74, 6) is 1.33. The lowest BCUT2D eigenvalue weighted by molar-refractivity contribution is -0.117. The summed E-state index contributed by atoms with van der Waals surface area (Å²) in [6, 6.07) is 16.4. The zero-order chi connectivity index (χ0) is 26.3. The molecular formula is C27H38N6O2S. The van der Waals surface area contributed by atoms with Gasteiger partial charge in [0, 0.05) is 42.9 Å². The van der Waals surface area contributed by atoms with Crippen LogP contribution in [-0.4, -0.2) is 59.9 Å². The molecule has 1 aromatic heterocycles. The standard InChI is InChI=1S/C14H18N2OS.C10H9N3O.C2H6.CH5N/c1-15-12-10-11(16-7-2-3-8-16)4-5-13(12)18-9-6-14(15)17;14-7-10-11-8-13(12-10)6-9-4-2-1-3-5-9;2*1-2/h4-5,10H,2-3,6-9H2,1H3;1-5,7-8H,6H2;1-2H3;2H2,1H3. The molecule has 36 heavy (non-hydrogen) atoms. The lowest BCUT2D eigenvalue weighted by Gasteiger charge is -2.22. The fraction of sp³-hybridized carbons (Fsp3) is 0.407. The van der Waals surface area contributed by atoms with Crippen LogP contribution in [0.1, 0.15) is 49.3 Å². The van der Waals surface area contributed by atoms with Crippen LogP contribution in [0.15, 0.2) is 59.8 Å². The highest BCUT2D eigenvalue weighted by Crippen LogP contribution is 2.37. The van der Waals surface area contributed by atoms with Gasteiger partial charge in [-0.2, -0.15) is 0 Å². The number of fused-ring (bicyclic) bond motifs is 1. The summed E-state index contributed by atoms with van der Waals surface area (Å²) in [6.45, 7) is 6.93. The number of thioether (sulfide) groups is 1. The number of carbonyl (C=O) groups is 2. The normalized spacial score (nSPS) is 14.2. The van der Waals surface area contributed by atoms with Gasteiger partial charge in [-0.3, -0.25) is 9.59 Å². The van der Waals surface area contributed by atoms with Crippen molar-refractivity contribution in [2.24, 2.45) is 5.73 Å². The molecule has 2 N–H and O–H groups in total. The van der Waals surface area contributed by atoms with Gasteiger partial charge in [-0.05, 0) is 43.7 Å². The van der Waals surface area contributed by atoms with Crippen LogP contribution < -0.4 is 15.5 Å². The SMILES string of the molecule is CC.CN.CN1C(=O)CCSc2ccc(N3CCCC3)cc21.O=Cc1ncn(Cc2ccccc2)n1. The Bertz CT molecular complexity index is 1070. The van der Waals surface area contributed by atoms with Gasteiger partial charge in [0.25, 0.3) is 0 Å². The molecule has 1 fully saturated rings. The van der Waals surface area contributed by atoms with E-state index >= 15 is 0 Å². The topological polar surface area (TPSA) is 97.4 Å². The molecule has 0 aliphatic carbocycles. The predicted molar refractivity (Wildman–Crippen MR) is 149 cm³/mol. The first-order valence-corrected chi connectivity index (χ1v) is 13.4. The fourth-order valence-corrected chi connectivity index (χ4v) is 4.83. The van der Waals surface area contributed by atoms with E-state index in [-0.39, 0.29) is 11.7 Å². The highest BCUT2D eigenvalue weighted by Gasteiger charge is 2.21. The van der Waals surface area contributed by atoms with Crippen LogP contribution in [0.4, 0.5) is 11.4 Å². The molecule has 0 atom stereocenters. The van der Waals surface area contributed by atoms with Gasteiger partial charge in [0.05, 0.1) is 12.2 Å². The smallest absolute Gasteiger partial charge is 0.227 e. The molecule has 3 aromatic rings. The third kappa shape index (κ3) is 8.20. The number of aromatic nitrogens is 3. The molecule has 1 amide bonds. The van der Waals surface area contributed by atoms with Gasteiger partial charge in [0.1, 0.15) is 6.33 Å². The third-order valence-electron chi connectivity index (χ3n) is 5.57. The summed E-state index contributed by atoms with van der Waals surface area (Å²) in [7, 11) is 3.39. The molecule has 2 aromatic carbocycles. The number of benzene rings is 2. The maximum atomic E-state index is 11.9. The Morgan fingerprint density at radius 3 is 2.39 bits per heavy atom. The summed E-state index contributed by atoms with van der Waals surface area (Å²) in [6.07, 6.45) is 5.38.